The number of pyridine rings is 1. The van der Waals surface area contributed by atoms with E-state index < -0.39 is 0 Å². The number of methoxy groups -OCH3 is 1. The molecule has 0 spiro atoms. The van der Waals surface area contributed by atoms with Crippen LogP contribution >= 0.6 is 0 Å². The van der Waals surface area contributed by atoms with E-state index in [-0.39, 0.29) is 11.8 Å². The molecule has 0 bridgehead atoms. The number of rotatable bonds is 3. The lowest BCUT2D eigenvalue weighted by Crippen LogP contribution is -2.24. The van der Waals surface area contributed by atoms with E-state index in [2.05, 4.69) is 22.4 Å². The van der Waals surface area contributed by atoms with Gasteiger partial charge in [-0.15, -0.1) is 0 Å². The number of fused-ring (bicyclic) bond motifs is 1. The van der Waals surface area contributed by atoms with E-state index in [1.165, 1.54) is 5.56 Å². The van der Waals surface area contributed by atoms with Gasteiger partial charge in [-0.1, -0.05) is 24.3 Å². The van der Waals surface area contributed by atoms with Gasteiger partial charge in [-0.25, -0.2) is 4.98 Å². The van der Waals surface area contributed by atoms with Crippen LogP contribution in [0.15, 0.2) is 42.6 Å². The van der Waals surface area contributed by atoms with Crippen LogP contribution < -0.4 is 10.1 Å². The average Bonchev–Trinajstić information content (AvgIpc) is 2.55. The van der Waals surface area contributed by atoms with Gasteiger partial charge in [0.1, 0.15) is 0 Å². The quantitative estimate of drug-likeness (QED) is 0.941. The molecule has 0 aliphatic heterocycles. The van der Waals surface area contributed by atoms with Crippen molar-refractivity contribution < 1.29 is 9.53 Å². The molecule has 1 atom stereocenters. The summed E-state index contributed by atoms with van der Waals surface area (Å²) in [5, 5.41) is 2.95. The van der Waals surface area contributed by atoms with Crippen LogP contribution in [0.2, 0.25) is 0 Å². The van der Waals surface area contributed by atoms with Crippen LogP contribution in [0.1, 0.15) is 29.9 Å². The van der Waals surface area contributed by atoms with Crippen molar-refractivity contribution in [1.82, 2.24) is 4.98 Å². The number of hydrogen-bond donors (Lipinski definition) is 1. The van der Waals surface area contributed by atoms with Gasteiger partial charge in [-0.2, -0.15) is 0 Å². The lowest BCUT2D eigenvalue weighted by molar-refractivity contribution is -0.117. The molecule has 0 saturated carbocycles. The van der Waals surface area contributed by atoms with Gasteiger partial charge in [-0.3, -0.25) is 4.79 Å². The molecule has 0 unspecified atom stereocenters. The molecule has 4 nitrogen and oxygen atoms in total. The molecule has 0 saturated heterocycles. The number of amides is 1. The van der Waals surface area contributed by atoms with Crippen molar-refractivity contribution in [2.75, 3.05) is 12.4 Å². The normalized spacial score (nSPS) is 16.9. The highest BCUT2D eigenvalue weighted by atomic mass is 16.5. The van der Waals surface area contributed by atoms with Gasteiger partial charge in [0.25, 0.3) is 0 Å². The largest absolute Gasteiger partial charge is 0.481 e. The highest BCUT2D eigenvalue weighted by Crippen LogP contribution is 2.32. The van der Waals surface area contributed by atoms with Gasteiger partial charge in [0, 0.05) is 6.07 Å². The molecule has 3 rings (SSSR count). The summed E-state index contributed by atoms with van der Waals surface area (Å²) in [5.74, 6) is 0.502. The Labute approximate surface area is 124 Å². The zero-order chi connectivity index (χ0) is 14.7. The summed E-state index contributed by atoms with van der Waals surface area (Å²) in [4.78, 5) is 16.6. The van der Waals surface area contributed by atoms with Crippen LogP contribution in [0.4, 0.5) is 5.69 Å². The summed E-state index contributed by atoms with van der Waals surface area (Å²) in [6.45, 7) is 0. The third-order valence-electron chi connectivity index (χ3n) is 3.90. The van der Waals surface area contributed by atoms with E-state index in [9.17, 15) is 4.79 Å². The maximum atomic E-state index is 12.5. The fraction of sp³-hybridized carbons (Fsp3) is 0.294. The maximum Gasteiger partial charge on any atom is 0.231 e. The Balaban J connectivity index is 1.76. The Kier molecular flexibility index (Phi) is 3.86. The van der Waals surface area contributed by atoms with Crippen LogP contribution in [0, 0.1) is 0 Å². The molecule has 108 valence electrons. The highest BCUT2D eigenvalue weighted by Gasteiger charge is 2.26. The zero-order valence-corrected chi connectivity index (χ0v) is 12.0. The predicted molar refractivity (Wildman–Crippen MR) is 81.5 cm³/mol. The second-order valence-electron chi connectivity index (χ2n) is 5.22. The molecule has 1 aromatic heterocycles. The Hall–Kier alpha value is -2.36. The fourth-order valence-corrected chi connectivity index (χ4v) is 2.83. The van der Waals surface area contributed by atoms with E-state index in [4.69, 9.17) is 4.74 Å². The topological polar surface area (TPSA) is 51.2 Å². The van der Waals surface area contributed by atoms with E-state index in [1.807, 2.05) is 12.1 Å². The maximum absolute atomic E-state index is 12.5. The zero-order valence-electron chi connectivity index (χ0n) is 12.0. The first kappa shape index (κ1) is 13.6. The Morgan fingerprint density at radius 1 is 1.29 bits per heavy atom. The fourth-order valence-electron chi connectivity index (χ4n) is 2.83. The van der Waals surface area contributed by atoms with Crippen LogP contribution in [-0.4, -0.2) is 18.0 Å². The number of nitrogens with zero attached hydrogens (tertiary/aromatic N) is 1. The molecule has 1 aliphatic rings. The summed E-state index contributed by atoms with van der Waals surface area (Å²) >= 11 is 0. The predicted octanol–water partition coefficient (Wildman–Crippen LogP) is 3.15. The summed E-state index contributed by atoms with van der Waals surface area (Å²) < 4.78 is 5.01. The Bertz CT molecular complexity index is 637. The van der Waals surface area contributed by atoms with Crippen molar-refractivity contribution in [3.8, 4) is 5.88 Å². The van der Waals surface area contributed by atoms with Crippen LogP contribution in [0.25, 0.3) is 0 Å². The minimum Gasteiger partial charge on any atom is -0.481 e. The van der Waals surface area contributed by atoms with Gasteiger partial charge >= 0.3 is 0 Å². The van der Waals surface area contributed by atoms with Crippen molar-refractivity contribution >= 4 is 11.6 Å². The molecule has 0 fully saturated rings. The van der Waals surface area contributed by atoms with Crippen LogP contribution in [-0.2, 0) is 11.2 Å². The number of aromatic nitrogens is 1. The lowest BCUT2D eigenvalue weighted by atomic mass is 9.82. The van der Waals surface area contributed by atoms with Gasteiger partial charge in [0.05, 0.1) is 24.9 Å². The number of carbonyl (C=O) groups excluding carboxylic acids is 1. The number of ether oxygens (including phenoxy) is 1. The van der Waals surface area contributed by atoms with Gasteiger partial charge in [0.15, 0.2) is 0 Å². The van der Waals surface area contributed by atoms with Gasteiger partial charge < -0.3 is 10.1 Å². The van der Waals surface area contributed by atoms with Crippen molar-refractivity contribution in [3.63, 3.8) is 0 Å². The second kappa shape index (κ2) is 5.95. The third-order valence-corrected chi connectivity index (χ3v) is 3.90. The first-order valence-corrected chi connectivity index (χ1v) is 7.16. The minimum atomic E-state index is -0.0722. The van der Waals surface area contributed by atoms with E-state index in [0.29, 0.717) is 11.6 Å². The standard InChI is InChI=1S/C17H18N2O2/c1-21-16-10-9-13(11-18-16)19-17(20)15-8-4-6-12-5-2-3-7-14(12)15/h2-3,5,7,9-11,15H,4,6,8H2,1H3,(H,19,20)/t15-/m1/s1. The molecular formula is C17H18N2O2. The number of nitrogens with one attached hydrogen (secondary N) is 1. The molecular weight excluding hydrogens is 264 g/mol. The van der Waals surface area contributed by atoms with Gasteiger partial charge in [0.2, 0.25) is 11.8 Å². The smallest absolute Gasteiger partial charge is 0.231 e. The van der Waals surface area contributed by atoms with Crippen molar-refractivity contribution in [1.29, 1.82) is 0 Å². The summed E-state index contributed by atoms with van der Waals surface area (Å²) in [7, 11) is 1.57. The number of carbonyl (C=O) groups is 1. The van der Waals surface area contributed by atoms with E-state index in [1.54, 1.807) is 25.4 Å². The molecule has 1 amide bonds. The van der Waals surface area contributed by atoms with Crippen molar-refractivity contribution in [2.24, 2.45) is 0 Å². The Morgan fingerprint density at radius 2 is 2.14 bits per heavy atom. The molecule has 1 aromatic carbocycles. The summed E-state index contributed by atoms with van der Waals surface area (Å²) in [6.07, 6.45) is 4.62. The molecule has 1 heterocycles. The minimum absolute atomic E-state index is 0.0362. The van der Waals surface area contributed by atoms with Crippen LogP contribution in [0.3, 0.4) is 0 Å². The Morgan fingerprint density at radius 3 is 2.90 bits per heavy atom. The first-order valence-electron chi connectivity index (χ1n) is 7.16. The van der Waals surface area contributed by atoms with Crippen molar-refractivity contribution in [2.45, 2.75) is 25.2 Å². The first-order chi connectivity index (χ1) is 10.3. The second-order valence-corrected chi connectivity index (χ2v) is 5.22. The van der Waals surface area contributed by atoms with E-state index in [0.717, 1.165) is 24.8 Å². The molecule has 1 aliphatic carbocycles. The van der Waals surface area contributed by atoms with Crippen LogP contribution in [0.5, 0.6) is 5.88 Å². The summed E-state index contributed by atoms with van der Waals surface area (Å²) in [6, 6.07) is 11.8. The molecule has 1 N–H and O–H groups in total. The average molecular weight is 282 g/mol. The number of anilines is 1. The third kappa shape index (κ3) is 2.89. The van der Waals surface area contributed by atoms with Gasteiger partial charge in [-0.05, 0) is 36.5 Å². The monoisotopic (exact) mass is 282 g/mol. The molecule has 21 heavy (non-hydrogen) atoms. The van der Waals surface area contributed by atoms with Crippen molar-refractivity contribution in [3.05, 3.63) is 53.7 Å². The lowest BCUT2D eigenvalue weighted by Gasteiger charge is -2.24. The molecule has 4 heteroatoms. The van der Waals surface area contributed by atoms with E-state index >= 15 is 0 Å². The molecule has 2 aromatic rings. The number of benzene rings is 1. The highest BCUT2D eigenvalue weighted by molar-refractivity contribution is 5.96. The summed E-state index contributed by atoms with van der Waals surface area (Å²) in [5.41, 5.74) is 3.14. The SMILES string of the molecule is COc1ccc(NC(=O)[C@@H]2CCCc3ccccc32)cn1. The number of hydrogen-bond acceptors (Lipinski definition) is 3. The number of aryl methyl sites for hydroxylation is 1. The molecule has 0 radical (unpaired) electrons.